The van der Waals surface area contributed by atoms with Crippen LogP contribution >= 0.6 is 27.0 Å². The molecule has 0 spiro atoms. The highest BCUT2D eigenvalue weighted by molar-refractivity contribution is 7.99. The zero-order chi connectivity index (χ0) is 27.8. The summed E-state index contributed by atoms with van der Waals surface area (Å²) >= 11 is 1.65. The summed E-state index contributed by atoms with van der Waals surface area (Å²) < 4.78 is 49.7. The van der Waals surface area contributed by atoms with Crippen molar-refractivity contribution in [1.82, 2.24) is 0 Å². The first-order valence-corrected chi connectivity index (χ1v) is 17.1. The van der Waals surface area contributed by atoms with E-state index in [9.17, 15) is 14.2 Å². The standard InChI is InChI=1S/C26H48O7P2S/c1-11-30-34(28,31-12-2)23(35(29,32-13-3)33-14-4)16-15-17-36-20-18-21(25(5,6)7)24(27)22(19-20)26(8,9)10/h18-19,23,27H,11-17H2,1-10H3. The van der Waals surface area contributed by atoms with Crippen molar-refractivity contribution in [3.63, 3.8) is 0 Å². The maximum atomic E-state index is 13.7. The zero-order valence-electron chi connectivity index (χ0n) is 23.9. The van der Waals surface area contributed by atoms with E-state index in [1.54, 1.807) is 39.5 Å². The number of phenols is 1. The Morgan fingerprint density at radius 2 is 1.14 bits per heavy atom. The molecule has 210 valence electrons. The molecule has 0 unspecified atom stereocenters. The highest BCUT2D eigenvalue weighted by Crippen LogP contribution is 2.71. The van der Waals surface area contributed by atoms with Crippen LogP contribution in [0.15, 0.2) is 17.0 Å². The van der Waals surface area contributed by atoms with Gasteiger partial charge in [-0.2, -0.15) is 0 Å². The topological polar surface area (TPSA) is 91.3 Å². The Hall–Kier alpha value is -0.330. The number of benzene rings is 1. The second-order valence-electron chi connectivity index (χ2n) is 10.6. The number of hydrogen-bond donors (Lipinski definition) is 1. The highest BCUT2D eigenvalue weighted by Gasteiger charge is 2.50. The van der Waals surface area contributed by atoms with Crippen LogP contribution in [0.3, 0.4) is 0 Å². The van der Waals surface area contributed by atoms with Gasteiger partial charge in [-0.15, -0.1) is 11.8 Å². The third-order valence-corrected chi connectivity index (χ3v) is 12.7. The molecule has 36 heavy (non-hydrogen) atoms. The summed E-state index contributed by atoms with van der Waals surface area (Å²) in [7, 11) is -7.49. The summed E-state index contributed by atoms with van der Waals surface area (Å²) in [6, 6.07) is 4.09. The minimum absolute atomic E-state index is 0.166. The van der Waals surface area contributed by atoms with Gasteiger partial charge in [0.15, 0.2) is 5.40 Å². The predicted octanol–water partition coefficient (Wildman–Crippen LogP) is 8.72. The minimum atomic E-state index is -3.74. The van der Waals surface area contributed by atoms with Gasteiger partial charge in [0.2, 0.25) is 0 Å². The lowest BCUT2D eigenvalue weighted by molar-refractivity contribution is 0.193. The lowest BCUT2D eigenvalue weighted by Gasteiger charge is -2.31. The van der Waals surface area contributed by atoms with Crippen LogP contribution in [0.4, 0.5) is 0 Å². The van der Waals surface area contributed by atoms with E-state index < -0.39 is 20.6 Å². The third kappa shape index (κ3) is 9.15. The Morgan fingerprint density at radius 3 is 1.44 bits per heavy atom. The predicted molar refractivity (Wildman–Crippen MR) is 151 cm³/mol. The Balaban J connectivity index is 3.23. The van der Waals surface area contributed by atoms with Crippen molar-refractivity contribution in [2.24, 2.45) is 0 Å². The summed E-state index contributed by atoms with van der Waals surface area (Å²) in [6.45, 7) is 20.1. The van der Waals surface area contributed by atoms with Crippen LogP contribution in [-0.4, -0.2) is 42.7 Å². The van der Waals surface area contributed by atoms with E-state index in [1.165, 1.54) is 0 Å². The molecule has 0 fully saturated rings. The van der Waals surface area contributed by atoms with Crippen LogP contribution in [0.25, 0.3) is 0 Å². The molecule has 0 aliphatic heterocycles. The van der Waals surface area contributed by atoms with Crippen molar-refractivity contribution in [1.29, 1.82) is 0 Å². The van der Waals surface area contributed by atoms with Gasteiger partial charge >= 0.3 is 15.2 Å². The summed E-state index contributed by atoms with van der Waals surface area (Å²) in [5.74, 6) is 1.04. The average Bonchev–Trinajstić information content (AvgIpc) is 2.73. The quantitative estimate of drug-likeness (QED) is 0.128. The van der Waals surface area contributed by atoms with Crippen LogP contribution in [0, 0.1) is 0 Å². The van der Waals surface area contributed by atoms with Crippen LogP contribution in [0.2, 0.25) is 0 Å². The fourth-order valence-corrected chi connectivity index (χ4v) is 10.3. The fourth-order valence-electron chi connectivity index (χ4n) is 3.92. The molecule has 0 radical (unpaired) electrons. The van der Waals surface area contributed by atoms with Crippen LogP contribution < -0.4 is 0 Å². The van der Waals surface area contributed by atoms with Gasteiger partial charge in [0.05, 0.1) is 26.4 Å². The lowest BCUT2D eigenvalue weighted by atomic mass is 9.79. The Morgan fingerprint density at radius 1 is 0.778 bits per heavy atom. The first-order chi connectivity index (χ1) is 16.6. The molecular weight excluding hydrogens is 518 g/mol. The normalized spacial score (nSPS) is 13.5. The van der Waals surface area contributed by atoms with Crippen molar-refractivity contribution in [3.05, 3.63) is 23.3 Å². The van der Waals surface area contributed by atoms with E-state index >= 15 is 0 Å². The maximum Gasteiger partial charge on any atom is 0.345 e. The highest BCUT2D eigenvalue weighted by atomic mass is 32.2. The zero-order valence-corrected chi connectivity index (χ0v) is 26.5. The molecule has 0 aromatic heterocycles. The molecule has 0 amide bonds. The van der Waals surface area contributed by atoms with Crippen molar-refractivity contribution in [3.8, 4) is 5.75 Å². The third-order valence-electron chi connectivity index (χ3n) is 5.54. The molecule has 10 heteroatoms. The SMILES string of the molecule is CCOP(=O)(OCC)C(CCCSc1cc(C(C)(C)C)c(O)c(C(C)(C)C)c1)P(=O)(OCC)OCC. The fraction of sp³-hybridized carbons (Fsp3) is 0.769. The van der Waals surface area contributed by atoms with Crippen molar-refractivity contribution >= 4 is 27.0 Å². The smallest absolute Gasteiger partial charge is 0.345 e. The Kier molecular flexibility index (Phi) is 13.3. The molecule has 0 saturated heterocycles. The first-order valence-electron chi connectivity index (χ1n) is 12.9. The summed E-state index contributed by atoms with van der Waals surface area (Å²) in [4.78, 5) is 1.05. The van der Waals surface area contributed by atoms with Crippen molar-refractivity contribution < 1.29 is 32.3 Å². The van der Waals surface area contributed by atoms with Crippen LogP contribution in [0.1, 0.15) is 93.2 Å². The number of phenolic OH excluding ortho intramolecular Hbond substituents is 1. The number of thioether (sulfide) groups is 1. The molecule has 0 heterocycles. The van der Waals surface area contributed by atoms with E-state index in [0.29, 0.717) is 24.3 Å². The van der Waals surface area contributed by atoms with Gasteiger partial charge in [-0.05, 0) is 69.3 Å². The van der Waals surface area contributed by atoms with Gasteiger partial charge in [0.1, 0.15) is 5.75 Å². The number of hydrogen-bond acceptors (Lipinski definition) is 8. The number of rotatable bonds is 15. The summed E-state index contributed by atoms with van der Waals surface area (Å²) in [5, 5.41) is 9.98. The summed E-state index contributed by atoms with van der Waals surface area (Å²) in [6.07, 6.45) is 0.901. The van der Waals surface area contributed by atoms with Gasteiger partial charge in [-0.1, -0.05) is 41.5 Å². The molecule has 1 rings (SSSR count). The monoisotopic (exact) mass is 566 g/mol. The first kappa shape index (κ1) is 33.7. The molecule has 0 aliphatic rings. The maximum absolute atomic E-state index is 13.7. The largest absolute Gasteiger partial charge is 0.507 e. The second-order valence-corrected chi connectivity index (χ2v) is 16.6. The van der Waals surface area contributed by atoms with Gasteiger partial charge in [-0.3, -0.25) is 9.13 Å². The van der Waals surface area contributed by atoms with Gasteiger partial charge in [0.25, 0.3) is 0 Å². The average molecular weight is 567 g/mol. The second kappa shape index (κ2) is 14.2. The molecular formula is C26H48O7P2S. The Bertz CT molecular complexity index is 837. The molecule has 0 saturated carbocycles. The molecule has 1 N–H and O–H groups in total. The number of aromatic hydroxyl groups is 1. The minimum Gasteiger partial charge on any atom is -0.507 e. The van der Waals surface area contributed by atoms with Gasteiger partial charge < -0.3 is 23.2 Å². The van der Waals surface area contributed by atoms with Crippen LogP contribution in [0.5, 0.6) is 5.75 Å². The molecule has 0 atom stereocenters. The van der Waals surface area contributed by atoms with Gasteiger partial charge in [0, 0.05) is 16.0 Å². The molecule has 1 aromatic carbocycles. The molecule has 1 aromatic rings. The summed E-state index contributed by atoms with van der Waals surface area (Å²) in [5.41, 5.74) is 1.39. The van der Waals surface area contributed by atoms with Crippen molar-refractivity contribution in [2.75, 3.05) is 32.2 Å². The van der Waals surface area contributed by atoms with E-state index in [4.69, 9.17) is 18.1 Å². The van der Waals surface area contributed by atoms with E-state index in [2.05, 4.69) is 41.5 Å². The van der Waals surface area contributed by atoms with Crippen molar-refractivity contribution in [2.45, 2.75) is 103 Å². The van der Waals surface area contributed by atoms with E-state index in [1.807, 2.05) is 12.1 Å². The van der Waals surface area contributed by atoms with E-state index in [-0.39, 0.29) is 37.3 Å². The lowest BCUT2D eigenvalue weighted by Crippen LogP contribution is -2.18. The Labute approximate surface area is 223 Å². The molecule has 0 aliphatic carbocycles. The van der Waals surface area contributed by atoms with E-state index in [0.717, 1.165) is 16.0 Å². The van der Waals surface area contributed by atoms with Crippen LogP contribution in [-0.2, 0) is 38.1 Å². The van der Waals surface area contributed by atoms with Gasteiger partial charge in [-0.25, -0.2) is 0 Å². The molecule has 0 bridgehead atoms. The molecule has 7 nitrogen and oxygen atoms in total.